The number of pyridine rings is 1. The number of carbonyl (C=O) groups is 2. The minimum atomic E-state index is -4.70. The molecule has 0 bridgehead atoms. The van der Waals surface area contributed by atoms with E-state index in [9.17, 15) is 22.8 Å². The lowest BCUT2D eigenvalue weighted by atomic mass is 10.2. The van der Waals surface area contributed by atoms with Crippen LogP contribution >= 0.6 is 22.9 Å². The minimum absolute atomic E-state index is 0.0581. The normalized spacial score (nSPS) is 14.5. The van der Waals surface area contributed by atoms with Gasteiger partial charge in [0.25, 0.3) is 11.8 Å². The van der Waals surface area contributed by atoms with Gasteiger partial charge in [0.05, 0.1) is 22.8 Å². The molecule has 16 heteroatoms. The molecule has 0 aromatic carbocycles. The summed E-state index contributed by atoms with van der Waals surface area (Å²) in [6.07, 6.45) is 0.877. The lowest BCUT2D eigenvalue weighted by molar-refractivity contribution is -0.137. The van der Waals surface area contributed by atoms with E-state index in [1.54, 1.807) is 11.6 Å². The molecule has 2 N–H and O–H groups in total. The maximum atomic E-state index is 13.1. The molecule has 0 aliphatic heterocycles. The number of carbonyl (C=O) groups excluding carboxylic acids is 2. The quantitative estimate of drug-likeness (QED) is 0.352. The van der Waals surface area contributed by atoms with Crippen molar-refractivity contribution in [3.05, 3.63) is 51.0 Å². The Morgan fingerprint density at radius 1 is 1.19 bits per heavy atom. The smallest absolute Gasteiger partial charge is 0.342 e. The Labute approximate surface area is 215 Å². The zero-order valence-corrected chi connectivity index (χ0v) is 20.5. The summed E-state index contributed by atoms with van der Waals surface area (Å²) in [5, 5.41) is 13.0. The van der Waals surface area contributed by atoms with Gasteiger partial charge in [0.2, 0.25) is 0 Å². The number of nitrogens with one attached hydrogen (secondary N) is 2. The number of fused-ring (bicyclic) bond motifs is 1. The van der Waals surface area contributed by atoms with E-state index < -0.39 is 34.6 Å². The first-order chi connectivity index (χ1) is 17.6. The summed E-state index contributed by atoms with van der Waals surface area (Å²) in [5.74, 6) is -1.02. The molecule has 1 aliphatic rings. The second-order valence-electron chi connectivity index (χ2n) is 8.37. The van der Waals surface area contributed by atoms with Crippen molar-refractivity contribution >= 4 is 51.7 Å². The highest BCUT2D eigenvalue weighted by molar-refractivity contribution is 7.13. The highest BCUT2D eigenvalue weighted by Gasteiger charge is 2.34. The summed E-state index contributed by atoms with van der Waals surface area (Å²) in [4.78, 5) is 41.7. The SMILES string of the molecule is CC(NC(=O)c1ncnc2c1nnn2CC1CC1)c1ncc(C(=O)Nc2cc(C(F)(F)F)c(Cl)cn2)s1. The van der Waals surface area contributed by atoms with Gasteiger partial charge in [0.15, 0.2) is 16.9 Å². The zero-order chi connectivity index (χ0) is 26.3. The van der Waals surface area contributed by atoms with Gasteiger partial charge in [-0.05, 0) is 31.7 Å². The van der Waals surface area contributed by atoms with Crippen LogP contribution in [0.3, 0.4) is 0 Å². The average molecular weight is 552 g/mol. The Morgan fingerprint density at radius 2 is 1.97 bits per heavy atom. The second-order valence-corrected chi connectivity index (χ2v) is 9.84. The number of nitrogens with zero attached hydrogens (tertiary/aromatic N) is 7. The number of hydrogen-bond donors (Lipinski definition) is 2. The van der Waals surface area contributed by atoms with E-state index in [0.29, 0.717) is 29.2 Å². The molecule has 0 radical (unpaired) electrons. The van der Waals surface area contributed by atoms with E-state index in [1.165, 1.54) is 12.5 Å². The zero-order valence-electron chi connectivity index (χ0n) is 19.0. The second kappa shape index (κ2) is 9.63. The number of amides is 2. The summed E-state index contributed by atoms with van der Waals surface area (Å²) >= 11 is 6.52. The van der Waals surface area contributed by atoms with Gasteiger partial charge in [-0.1, -0.05) is 16.8 Å². The maximum Gasteiger partial charge on any atom is 0.418 e. The van der Waals surface area contributed by atoms with Crippen LogP contribution in [-0.2, 0) is 12.7 Å². The fourth-order valence-corrected chi connectivity index (χ4v) is 4.47. The Hall–Kier alpha value is -3.72. The standard InChI is InChI=1S/C21H17ClF3N9O2S/c1-9(30-19(36)16-15-17(29-8-28-16)34(33-32-15)7-10-2-3-10)20-27-6-13(37-20)18(35)31-14-4-11(21(23,24)25)12(22)5-26-14/h4-6,8-10H,2-3,7H2,1H3,(H,30,36)(H,26,31,35). The van der Waals surface area contributed by atoms with Gasteiger partial charge in [-0.25, -0.2) is 24.6 Å². The molecule has 1 unspecified atom stereocenters. The van der Waals surface area contributed by atoms with Crippen molar-refractivity contribution in [3.8, 4) is 0 Å². The number of anilines is 1. The fraction of sp³-hybridized carbons (Fsp3) is 0.333. The molecule has 5 rings (SSSR count). The molecule has 0 saturated heterocycles. The van der Waals surface area contributed by atoms with Crippen molar-refractivity contribution in [2.24, 2.45) is 5.92 Å². The van der Waals surface area contributed by atoms with Crippen molar-refractivity contribution in [3.63, 3.8) is 0 Å². The molecule has 1 fully saturated rings. The van der Waals surface area contributed by atoms with Crippen LogP contribution in [0.5, 0.6) is 0 Å². The van der Waals surface area contributed by atoms with Crippen LogP contribution < -0.4 is 10.6 Å². The highest BCUT2D eigenvalue weighted by Crippen LogP contribution is 2.35. The van der Waals surface area contributed by atoms with Gasteiger partial charge in [-0.15, -0.1) is 16.4 Å². The van der Waals surface area contributed by atoms with Gasteiger partial charge in [-0.2, -0.15) is 13.2 Å². The molecule has 2 amide bonds. The van der Waals surface area contributed by atoms with Gasteiger partial charge in [0, 0.05) is 12.7 Å². The van der Waals surface area contributed by atoms with E-state index >= 15 is 0 Å². The summed E-state index contributed by atoms with van der Waals surface area (Å²) in [5.41, 5.74) is -0.312. The predicted molar refractivity (Wildman–Crippen MR) is 126 cm³/mol. The molecule has 1 saturated carbocycles. The summed E-state index contributed by atoms with van der Waals surface area (Å²) < 4.78 is 40.9. The number of alkyl halides is 3. The summed E-state index contributed by atoms with van der Waals surface area (Å²) in [6.45, 7) is 2.34. The lowest BCUT2D eigenvalue weighted by Gasteiger charge is -2.11. The van der Waals surface area contributed by atoms with Gasteiger partial charge >= 0.3 is 6.18 Å². The molecule has 0 spiro atoms. The maximum absolute atomic E-state index is 13.1. The first-order valence-electron chi connectivity index (χ1n) is 10.9. The van der Waals surface area contributed by atoms with E-state index in [1.807, 2.05) is 0 Å². The highest BCUT2D eigenvalue weighted by atomic mass is 35.5. The van der Waals surface area contributed by atoms with Gasteiger partial charge in [-0.3, -0.25) is 9.59 Å². The Morgan fingerprint density at radius 3 is 2.70 bits per heavy atom. The first-order valence-corrected chi connectivity index (χ1v) is 12.1. The van der Waals surface area contributed by atoms with Crippen LogP contribution in [0.1, 0.15) is 56.5 Å². The number of halogens is 4. The minimum Gasteiger partial charge on any atom is -0.342 e. The van der Waals surface area contributed by atoms with E-state index in [2.05, 4.69) is 40.9 Å². The van der Waals surface area contributed by atoms with Crippen LogP contribution in [0.15, 0.2) is 24.8 Å². The van der Waals surface area contributed by atoms with Crippen LogP contribution in [-0.4, -0.2) is 46.7 Å². The molecule has 4 aromatic heterocycles. The van der Waals surface area contributed by atoms with Crippen molar-refractivity contribution in [2.45, 2.75) is 38.5 Å². The van der Waals surface area contributed by atoms with Crippen molar-refractivity contribution < 1.29 is 22.8 Å². The average Bonchev–Trinajstić information content (AvgIpc) is 3.35. The lowest BCUT2D eigenvalue weighted by Crippen LogP contribution is -2.27. The molecule has 1 atom stereocenters. The van der Waals surface area contributed by atoms with Crippen LogP contribution in [0, 0.1) is 5.92 Å². The van der Waals surface area contributed by atoms with Crippen LogP contribution in [0.2, 0.25) is 5.02 Å². The van der Waals surface area contributed by atoms with Crippen molar-refractivity contribution in [1.82, 2.24) is 40.2 Å². The number of hydrogen-bond acceptors (Lipinski definition) is 9. The fourth-order valence-electron chi connectivity index (χ4n) is 3.45. The Kier molecular flexibility index (Phi) is 6.49. The monoisotopic (exact) mass is 551 g/mol. The molecule has 11 nitrogen and oxygen atoms in total. The van der Waals surface area contributed by atoms with E-state index in [-0.39, 0.29) is 21.9 Å². The third-order valence-electron chi connectivity index (χ3n) is 5.51. The topological polar surface area (TPSA) is 140 Å². The molecule has 1 aliphatic carbocycles. The summed E-state index contributed by atoms with van der Waals surface area (Å²) in [7, 11) is 0. The Balaban J connectivity index is 1.27. The van der Waals surface area contributed by atoms with E-state index in [0.717, 1.165) is 30.4 Å². The largest absolute Gasteiger partial charge is 0.418 e. The van der Waals surface area contributed by atoms with Crippen molar-refractivity contribution in [1.29, 1.82) is 0 Å². The first kappa shape index (κ1) is 25.0. The molecule has 192 valence electrons. The number of thiazole rings is 1. The molecule has 4 aromatic rings. The number of rotatable bonds is 7. The van der Waals surface area contributed by atoms with E-state index in [4.69, 9.17) is 11.6 Å². The van der Waals surface area contributed by atoms with Gasteiger partial charge in [0.1, 0.15) is 22.0 Å². The summed E-state index contributed by atoms with van der Waals surface area (Å²) in [6, 6.07) is 0.0324. The predicted octanol–water partition coefficient (Wildman–Crippen LogP) is 3.90. The molecular formula is C21H17ClF3N9O2S. The molecule has 4 heterocycles. The van der Waals surface area contributed by atoms with Crippen molar-refractivity contribution in [2.75, 3.05) is 5.32 Å². The number of aromatic nitrogens is 7. The van der Waals surface area contributed by atoms with Crippen LogP contribution in [0.25, 0.3) is 11.2 Å². The van der Waals surface area contributed by atoms with Crippen LogP contribution in [0.4, 0.5) is 19.0 Å². The molecular weight excluding hydrogens is 535 g/mol. The molecule has 37 heavy (non-hydrogen) atoms. The Bertz CT molecular complexity index is 1500. The third-order valence-corrected chi connectivity index (χ3v) is 6.99. The third kappa shape index (κ3) is 5.36. The van der Waals surface area contributed by atoms with Gasteiger partial charge < -0.3 is 10.6 Å².